The van der Waals surface area contributed by atoms with E-state index in [1.54, 1.807) is 0 Å². The maximum Gasteiger partial charge on any atom is 0.252 e. The van der Waals surface area contributed by atoms with E-state index in [4.69, 9.17) is 10.3 Å². The first-order chi connectivity index (χ1) is 12.9. The summed E-state index contributed by atoms with van der Waals surface area (Å²) in [5, 5.41) is 0.710. The average Bonchev–Trinajstić information content (AvgIpc) is 2.68. The minimum absolute atomic E-state index is 0.0189. The molecule has 1 aliphatic rings. The van der Waals surface area contributed by atoms with Crippen molar-refractivity contribution in [3.63, 3.8) is 0 Å². The van der Waals surface area contributed by atoms with E-state index in [0.29, 0.717) is 23.1 Å². The lowest BCUT2D eigenvalue weighted by Crippen LogP contribution is -2.36. The molecule has 0 heterocycles. The second-order valence-electron chi connectivity index (χ2n) is 8.26. The molecule has 3 rings (SSSR count). The Morgan fingerprint density at radius 3 is 2.19 bits per heavy atom. The van der Waals surface area contributed by atoms with Gasteiger partial charge in [0.2, 0.25) is 0 Å². The Morgan fingerprint density at radius 1 is 1.00 bits per heavy atom. The predicted molar refractivity (Wildman–Crippen MR) is 113 cm³/mol. The van der Waals surface area contributed by atoms with E-state index < -0.39 is 13.2 Å². The largest absolute Gasteiger partial charge is 0.320 e. The molecule has 1 fully saturated rings. The van der Waals surface area contributed by atoms with Crippen molar-refractivity contribution >= 4 is 12.7 Å². The second kappa shape index (κ2) is 8.73. The van der Waals surface area contributed by atoms with Gasteiger partial charge >= 0.3 is 0 Å². The number of hydrogen-bond acceptors (Lipinski definition) is 3. The Balaban J connectivity index is 1.98. The summed E-state index contributed by atoms with van der Waals surface area (Å²) in [7, 11) is -3.28. The lowest BCUT2D eigenvalue weighted by atomic mass is 9.75. The normalized spacial score (nSPS) is 26.5. The molecule has 2 aromatic rings. The number of nitrogens with two attached hydrogens (primary N) is 1. The van der Waals surface area contributed by atoms with Gasteiger partial charge in [-0.2, -0.15) is 0 Å². The van der Waals surface area contributed by atoms with Gasteiger partial charge in [0, 0.05) is 5.30 Å². The highest BCUT2D eigenvalue weighted by molar-refractivity contribution is 7.67. The molecular formula is C23H32NO2P. The van der Waals surface area contributed by atoms with Crippen LogP contribution in [0.1, 0.15) is 51.4 Å². The number of benzene rings is 2. The first kappa shape index (κ1) is 20.3. The summed E-state index contributed by atoms with van der Waals surface area (Å²) in [6, 6.07) is 19.2. The fraction of sp³-hybridized carbons (Fsp3) is 0.478. The second-order valence-corrected chi connectivity index (χ2v) is 10.7. The van der Waals surface area contributed by atoms with Gasteiger partial charge in [-0.15, -0.1) is 0 Å². The van der Waals surface area contributed by atoms with Crippen LogP contribution in [0.25, 0.3) is 0 Å². The summed E-state index contributed by atoms with van der Waals surface area (Å²) < 4.78 is 20.9. The van der Waals surface area contributed by atoms with Crippen LogP contribution in [0.3, 0.4) is 0 Å². The minimum Gasteiger partial charge on any atom is -0.320 e. The molecule has 0 bridgehead atoms. The highest BCUT2D eigenvalue weighted by atomic mass is 31.2. The summed E-state index contributed by atoms with van der Waals surface area (Å²) >= 11 is 0. The molecular weight excluding hydrogens is 353 g/mol. The fourth-order valence-corrected chi connectivity index (χ4v) is 6.58. The molecule has 1 saturated carbocycles. The van der Waals surface area contributed by atoms with Crippen LogP contribution < -0.4 is 11.0 Å². The molecule has 0 unspecified atom stereocenters. The van der Waals surface area contributed by atoms with Crippen LogP contribution >= 0.6 is 7.37 Å². The van der Waals surface area contributed by atoms with E-state index in [9.17, 15) is 4.57 Å². The topological polar surface area (TPSA) is 52.3 Å². The molecule has 146 valence electrons. The smallest absolute Gasteiger partial charge is 0.252 e. The molecule has 4 heteroatoms. The Bertz CT molecular complexity index is 762. The molecule has 0 spiro atoms. The van der Waals surface area contributed by atoms with Crippen LogP contribution in [-0.4, -0.2) is 6.10 Å². The van der Waals surface area contributed by atoms with Crippen LogP contribution in [0, 0.1) is 17.8 Å². The first-order valence-electron chi connectivity index (χ1n) is 10.1. The van der Waals surface area contributed by atoms with E-state index >= 15 is 0 Å². The zero-order chi connectivity index (χ0) is 19.4. The van der Waals surface area contributed by atoms with Gasteiger partial charge in [-0.3, -0.25) is 4.57 Å². The van der Waals surface area contributed by atoms with Gasteiger partial charge in [-0.05, 0) is 48.3 Å². The third kappa shape index (κ3) is 4.54. The quantitative estimate of drug-likeness (QED) is 0.647. The summed E-state index contributed by atoms with van der Waals surface area (Å²) in [4.78, 5) is 0. The van der Waals surface area contributed by atoms with E-state index in [2.05, 4.69) is 20.8 Å². The minimum atomic E-state index is -3.28. The van der Waals surface area contributed by atoms with Crippen molar-refractivity contribution in [2.45, 2.75) is 51.9 Å². The molecule has 2 N–H and O–H groups in total. The standard InChI is InChI=1S/C23H32NO2P/c1-17(2)21-15-14-18(3)16-22(21)26-27(25,20-12-8-5-9-13-20)23(24)19-10-6-4-7-11-19/h4-13,17-18,21-23H,14-16,24H2,1-3H3/t18-,21+,22-,23+,27+/m1/s1. The van der Waals surface area contributed by atoms with Gasteiger partial charge in [0.15, 0.2) is 0 Å². The molecule has 0 aromatic heterocycles. The van der Waals surface area contributed by atoms with Crippen LogP contribution in [0.4, 0.5) is 0 Å². The van der Waals surface area contributed by atoms with E-state index in [1.807, 2.05) is 60.7 Å². The van der Waals surface area contributed by atoms with Crippen molar-refractivity contribution in [3.05, 3.63) is 66.2 Å². The highest BCUT2D eigenvalue weighted by Gasteiger charge is 2.41. The maximum absolute atomic E-state index is 14.3. The van der Waals surface area contributed by atoms with E-state index in [-0.39, 0.29) is 6.10 Å². The summed E-state index contributed by atoms with van der Waals surface area (Å²) in [6.07, 6.45) is 3.26. The predicted octanol–water partition coefficient (Wildman–Crippen LogP) is 5.72. The molecule has 0 amide bonds. The number of hydrogen-bond donors (Lipinski definition) is 1. The Morgan fingerprint density at radius 2 is 1.59 bits per heavy atom. The lowest BCUT2D eigenvalue weighted by molar-refractivity contribution is 0.0486. The highest BCUT2D eigenvalue weighted by Crippen LogP contribution is 2.59. The van der Waals surface area contributed by atoms with Gasteiger partial charge < -0.3 is 10.3 Å². The van der Waals surface area contributed by atoms with Crippen LogP contribution in [0.15, 0.2) is 60.7 Å². The Kier molecular flexibility index (Phi) is 6.57. The molecule has 1 aliphatic carbocycles. The number of rotatable bonds is 6. The lowest BCUT2D eigenvalue weighted by Gasteiger charge is -2.40. The SMILES string of the molecule is CC(C)[C@@H]1CC[C@@H](C)C[C@H]1O[P@@](=O)(c1ccccc1)[C@H](N)c1ccccc1. The summed E-state index contributed by atoms with van der Waals surface area (Å²) in [6.45, 7) is 6.74. The molecule has 5 atom stereocenters. The van der Waals surface area contributed by atoms with E-state index in [0.717, 1.165) is 18.4 Å². The van der Waals surface area contributed by atoms with Crippen molar-refractivity contribution in [1.29, 1.82) is 0 Å². The molecule has 0 saturated heterocycles. The van der Waals surface area contributed by atoms with Gasteiger partial charge in [0.05, 0.1) is 6.10 Å². The van der Waals surface area contributed by atoms with Crippen molar-refractivity contribution in [3.8, 4) is 0 Å². The monoisotopic (exact) mass is 385 g/mol. The van der Waals surface area contributed by atoms with Gasteiger partial charge in [-0.1, -0.05) is 75.7 Å². The zero-order valence-electron chi connectivity index (χ0n) is 16.6. The molecule has 3 nitrogen and oxygen atoms in total. The van der Waals surface area contributed by atoms with Crippen molar-refractivity contribution < 1.29 is 9.09 Å². The summed E-state index contributed by atoms with van der Waals surface area (Å²) in [5.74, 6) is 0.842. The molecule has 0 aliphatic heterocycles. The zero-order valence-corrected chi connectivity index (χ0v) is 17.5. The van der Waals surface area contributed by atoms with E-state index in [1.165, 1.54) is 6.42 Å². The third-order valence-electron chi connectivity index (χ3n) is 5.88. The van der Waals surface area contributed by atoms with Gasteiger partial charge in [0.25, 0.3) is 7.37 Å². The third-order valence-corrected chi connectivity index (χ3v) is 8.51. The fourth-order valence-electron chi connectivity index (χ4n) is 4.21. The first-order valence-corrected chi connectivity index (χ1v) is 11.8. The van der Waals surface area contributed by atoms with Gasteiger partial charge in [-0.25, -0.2) is 0 Å². The summed E-state index contributed by atoms with van der Waals surface area (Å²) in [5.41, 5.74) is 7.45. The van der Waals surface area contributed by atoms with Crippen LogP contribution in [0.2, 0.25) is 0 Å². The Labute approximate surface area is 163 Å². The molecule has 0 radical (unpaired) electrons. The van der Waals surface area contributed by atoms with Crippen molar-refractivity contribution in [2.75, 3.05) is 0 Å². The van der Waals surface area contributed by atoms with Gasteiger partial charge in [0.1, 0.15) is 5.78 Å². The van der Waals surface area contributed by atoms with Crippen LogP contribution in [0.5, 0.6) is 0 Å². The molecule has 27 heavy (non-hydrogen) atoms. The average molecular weight is 385 g/mol. The van der Waals surface area contributed by atoms with Crippen molar-refractivity contribution in [1.82, 2.24) is 0 Å². The maximum atomic E-state index is 14.3. The van der Waals surface area contributed by atoms with Crippen LogP contribution in [-0.2, 0) is 9.09 Å². The van der Waals surface area contributed by atoms with Crippen molar-refractivity contribution in [2.24, 2.45) is 23.5 Å². The molecule has 2 aromatic carbocycles. The Hall–Kier alpha value is -1.41.